The number of hydrogen-bond acceptors (Lipinski definition) is 3. The number of rotatable bonds is 2. The van der Waals surface area contributed by atoms with E-state index >= 15 is 0 Å². The molecule has 0 amide bonds. The zero-order chi connectivity index (χ0) is 14.8. The van der Waals surface area contributed by atoms with Crippen molar-refractivity contribution in [3.8, 4) is 0 Å². The van der Waals surface area contributed by atoms with E-state index in [-0.39, 0.29) is 22.9 Å². The Bertz CT molecular complexity index is 354. The smallest absolute Gasteiger partial charge is 0.333 e. The molecule has 1 N–H and O–H groups in total. The molecular formula is C16H28O3. The maximum Gasteiger partial charge on any atom is 0.333 e. The van der Waals surface area contributed by atoms with Crippen LogP contribution < -0.4 is 0 Å². The van der Waals surface area contributed by atoms with Crippen molar-refractivity contribution in [2.45, 2.75) is 60.0 Å². The van der Waals surface area contributed by atoms with Crippen molar-refractivity contribution in [3.63, 3.8) is 0 Å². The van der Waals surface area contributed by atoms with E-state index in [2.05, 4.69) is 32.1 Å². The third kappa shape index (κ3) is 3.19. The number of fused-ring (bicyclic) bond motifs is 2. The topological polar surface area (TPSA) is 46.5 Å². The van der Waals surface area contributed by atoms with Gasteiger partial charge in [0.1, 0.15) is 0 Å². The van der Waals surface area contributed by atoms with Crippen LogP contribution in [0.3, 0.4) is 0 Å². The van der Waals surface area contributed by atoms with Gasteiger partial charge < -0.3 is 9.84 Å². The first-order valence-corrected chi connectivity index (χ1v) is 7.16. The van der Waals surface area contributed by atoms with Gasteiger partial charge in [-0.05, 0) is 49.9 Å². The molecule has 2 aliphatic rings. The molecule has 0 aromatic rings. The Kier molecular flexibility index (Phi) is 4.83. The van der Waals surface area contributed by atoms with E-state index in [0.717, 1.165) is 5.92 Å². The second-order valence-corrected chi connectivity index (χ2v) is 6.82. The normalized spacial score (nSPS) is 34.4. The first-order valence-electron chi connectivity index (χ1n) is 7.16. The zero-order valence-electron chi connectivity index (χ0n) is 13.0. The van der Waals surface area contributed by atoms with Crippen molar-refractivity contribution < 1.29 is 14.6 Å². The molecule has 2 rings (SSSR count). The molecule has 2 fully saturated rings. The van der Waals surface area contributed by atoms with Crippen molar-refractivity contribution >= 4 is 5.97 Å². The highest BCUT2D eigenvalue weighted by Crippen LogP contribution is 2.62. The molecule has 0 aromatic carbocycles. The SMILES string of the molecule is C=C(C)C(=O)OCC.CC1(C)C(O)[C@@]2(C)CC[C@@H]1C2. The Labute approximate surface area is 117 Å². The number of aliphatic hydroxyl groups excluding tert-OH is 1. The fraction of sp³-hybridized carbons (Fsp3) is 0.812. The number of carbonyl (C=O) groups excluding carboxylic acids is 1. The standard InChI is InChI=1S/C10H18O.C6H10O2/c1-9(2)7-4-5-10(3,6-7)8(9)11;1-4-8-6(7)5(2)3/h7-8,11H,4-6H2,1-3H3;2,4H2,1,3H3/t7-,8?,10+;/m1./s1. The van der Waals surface area contributed by atoms with Gasteiger partial charge in [-0.15, -0.1) is 0 Å². The van der Waals surface area contributed by atoms with Crippen LogP contribution in [-0.4, -0.2) is 23.8 Å². The molecule has 3 heteroatoms. The molecule has 0 heterocycles. The lowest BCUT2D eigenvalue weighted by molar-refractivity contribution is -0.138. The summed E-state index contributed by atoms with van der Waals surface area (Å²) in [5.41, 5.74) is 0.896. The lowest BCUT2D eigenvalue weighted by Gasteiger charge is -2.38. The zero-order valence-corrected chi connectivity index (χ0v) is 13.0. The van der Waals surface area contributed by atoms with Crippen LogP contribution in [0.25, 0.3) is 0 Å². The second-order valence-electron chi connectivity index (χ2n) is 6.82. The Morgan fingerprint density at radius 1 is 1.42 bits per heavy atom. The molecule has 0 spiro atoms. The van der Waals surface area contributed by atoms with Crippen LogP contribution in [0.15, 0.2) is 12.2 Å². The summed E-state index contributed by atoms with van der Waals surface area (Å²) < 4.78 is 4.56. The summed E-state index contributed by atoms with van der Waals surface area (Å²) >= 11 is 0. The van der Waals surface area contributed by atoms with Crippen molar-refractivity contribution in [2.24, 2.45) is 16.7 Å². The van der Waals surface area contributed by atoms with E-state index in [1.165, 1.54) is 19.3 Å². The van der Waals surface area contributed by atoms with E-state index < -0.39 is 0 Å². The van der Waals surface area contributed by atoms with Gasteiger partial charge in [0.15, 0.2) is 0 Å². The van der Waals surface area contributed by atoms with E-state index in [9.17, 15) is 9.90 Å². The van der Waals surface area contributed by atoms with Gasteiger partial charge in [0.25, 0.3) is 0 Å². The highest BCUT2D eigenvalue weighted by atomic mass is 16.5. The van der Waals surface area contributed by atoms with E-state index in [1.54, 1.807) is 13.8 Å². The summed E-state index contributed by atoms with van der Waals surface area (Å²) in [4.78, 5) is 10.4. The predicted octanol–water partition coefficient (Wildman–Crippen LogP) is 3.32. The minimum Gasteiger partial charge on any atom is -0.463 e. The summed E-state index contributed by atoms with van der Waals surface area (Å²) in [5, 5.41) is 10.0. The molecule has 2 bridgehead atoms. The van der Waals surface area contributed by atoms with Crippen molar-refractivity contribution in [1.29, 1.82) is 0 Å². The molecule has 19 heavy (non-hydrogen) atoms. The second kappa shape index (κ2) is 5.66. The minimum atomic E-state index is -0.312. The van der Waals surface area contributed by atoms with Crippen LogP contribution in [0, 0.1) is 16.7 Å². The van der Waals surface area contributed by atoms with Gasteiger partial charge in [-0.25, -0.2) is 4.79 Å². The van der Waals surface area contributed by atoms with Gasteiger partial charge in [0.05, 0.1) is 12.7 Å². The highest BCUT2D eigenvalue weighted by Gasteiger charge is 2.58. The molecule has 3 nitrogen and oxygen atoms in total. The molecule has 0 aromatic heterocycles. The van der Waals surface area contributed by atoms with Crippen molar-refractivity contribution in [1.82, 2.24) is 0 Å². The first-order chi connectivity index (χ1) is 8.65. The monoisotopic (exact) mass is 268 g/mol. The maximum atomic E-state index is 10.4. The van der Waals surface area contributed by atoms with Crippen LogP contribution in [0.2, 0.25) is 0 Å². The van der Waals surface area contributed by atoms with Gasteiger partial charge in [-0.2, -0.15) is 0 Å². The summed E-state index contributed by atoms with van der Waals surface area (Å²) in [6.45, 7) is 13.9. The predicted molar refractivity (Wildman–Crippen MR) is 76.7 cm³/mol. The molecule has 1 unspecified atom stereocenters. The van der Waals surface area contributed by atoms with Crippen LogP contribution in [0.1, 0.15) is 53.9 Å². The third-order valence-corrected chi connectivity index (χ3v) is 4.82. The van der Waals surface area contributed by atoms with Gasteiger partial charge in [-0.1, -0.05) is 27.4 Å². The van der Waals surface area contributed by atoms with Crippen LogP contribution >= 0.6 is 0 Å². The average Bonchev–Trinajstić information content (AvgIpc) is 2.79. The Hall–Kier alpha value is -0.830. The number of ether oxygens (including phenoxy) is 1. The largest absolute Gasteiger partial charge is 0.463 e. The van der Waals surface area contributed by atoms with Gasteiger partial charge in [-0.3, -0.25) is 0 Å². The van der Waals surface area contributed by atoms with Crippen LogP contribution in [-0.2, 0) is 9.53 Å². The minimum absolute atomic E-state index is 0.0613. The number of esters is 1. The molecule has 110 valence electrons. The van der Waals surface area contributed by atoms with Gasteiger partial charge >= 0.3 is 5.97 Å². The molecule has 3 atom stereocenters. The summed E-state index contributed by atoms with van der Waals surface area (Å²) in [6, 6.07) is 0. The average molecular weight is 268 g/mol. The van der Waals surface area contributed by atoms with E-state index in [1.807, 2.05) is 0 Å². The molecule has 2 saturated carbocycles. The van der Waals surface area contributed by atoms with E-state index in [0.29, 0.717) is 12.2 Å². The lowest BCUT2D eigenvalue weighted by atomic mass is 9.70. The molecular weight excluding hydrogens is 240 g/mol. The Morgan fingerprint density at radius 2 is 2.00 bits per heavy atom. The molecule has 0 aliphatic heterocycles. The number of aliphatic hydroxyl groups is 1. The fourth-order valence-electron chi connectivity index (χ4n) is 3.53. The summed E-state index contributed by atoms with van der Waals surface area (Å²) in [6.07, 6.45) is 3.76. The Balaban J connectivity index is 0.000000203. The van der Waals surface area contributed by atoms with E-state index in [4.69, 9.17) is 0 Å². The summed E-state index contributed by atoms with van der Waals surface area (Å²) in [7, 11) is 0. The number of hydrogen-bond donors (Lipinski definition) is 1. The van der Waals surface area contributed by atoms with Crippen molar-refractivity contribution in [3.05, 3.63) is 12.2 Å². The van der Waals surface area contributed by atoms with Gasteiger partial charge in [0.2, 0.25) is 0 Å². The van der Waals surface area contributed by atoms with Crippen LogP contribution in [0.4, 0.5) is 0 Å². The maximum absolute atomic E-state index is 10.4. The number of carbonyl (C=O) groups is 1. The molecule has 0 saturated heterocycles. The quantitative estimate of drug-likeness (QED) is 0.617. The Morgan fingerprint density at radius 3 is 2.21 bits per heavy atom. The first kappa shape index (κ1) is 16.2. The fourth-order valence-corrected chi connectivity index (χ4v) is 3.53. The van der Waals surface area contributed by atoms with Crippen molar-refractivity contribution in [2.75, 3.05) is 6.61 Å². The van der Waals surface area contributed by atoms with Crippen LogP contribution in [0.5, 0.6) is 0 Å². The molecule has 0 radical (unpaired) electrons. The third-order valence-electron chi connectivity index (χ3n) is 4.82. The lowest BCUT2D eigenvalue weighted by Crippen LogP contribution is -2.39. The summed E-state index contributed by atoms with van der Waals surface area (Å²) in [5.74, 6) is 0.468. The molecule has 2 aliphatic carbocycles. The highest BCUT2D eigenvalue weighted by molar-refractivity contribution is 5.86. The van der Waals surface area contributed by atoms with Gasteiger partial charge in [0, 0.05) is 5.57 Å².